The summed E-state index contributed by atoms with van der Waals surface area (Å²) in [6.07, 6.45) is 1.46. The van der Waals surface area contributed by atoms with E-state index in [1.807, 2.05) is 6.07 Å². The van der Waals surface area contributed by atoms with Crippen molar-refractivity contribution in [3.63, 3.8) is 0 Å². The summed E-state index contributed by atoms with van der Waals surface area (Å²) in [5, 5.41) is 4.23. The van der Waals surface area contributed by atoms with Crippen LogP contribution in [-0.2, 0) is 4.74 Å². The molecule has 1 aliphatic carbocycles. The van der Waals surface area contributed by atoms with Crippen molar-refractivity contribution in [1.29, 1.82) is 0 Å². The van der Waals surface area contributed by atoms with Crippen molar-refractivity contribution in [2.75, 3.05) is 26.1 Å². The minimum Gasteiger partial charge on any atom is -0.493 e. The minimum absolute atomic E-state index is 0.109. The number of anilines is 1. The molecule has 1 aromatic rings. The summed E-state index contributed by atoms with van der Waals surface area (Å²) in [5.74, 6) is 1.88. The number of halogens is 1. The maximum Gasteiger partial charge on any atom is 0.162 e. The molecule has 3 atom stereocenters. The van der Waals surface area contributed by atoms with Gasteiger partial charge in [-0.15, -0.1) is 0 Å². The lowest BCUT2D eigenvalue weighted by Gasteiger charge is -2.55. The van der Waals surface area contributed by atoms with Gasteiger partial charge in [-0.2, -0.15) is 0 Å². The first kappa shape index (κ1) is 14.8. The monoisotopic (exact) mass is 311 g/mol. The van der Waals surface area contributed by atoms with Gasteiger partial charge in [-0.3, -0.25) is 0 Å². The Morgan fingerprint density at radius 2 is 1.90 bits per heavy atom. The van der Waals surface area contributed by atoms with Gasteiger partial charge in [0.05, 0.1) is 31.0 Å². The van der Waals surface area contributed by atoms with Crippen molar-refractivity contribution in [3.8, 4) is 11.5 Å². The number of rotatable bonds is 4. The summed E-state index contributed by atoms with van der Waals surface area (Å²) >= 11 is 6.37. The average molecular weight is 312 g/mol. The maximum absolute atomic E-state index is 6.37. The lowest BCUT2D eigenvalue weighted by atomic mass is 9.57. The normalized spacial score (nSPS) is 29.5. The molecule has 0 amide bonds. The Morgan fingerprint density at radius 1 is 1.24 bits per heavy atom. The van der Waals surface area contributed by atoms with Crippen molar-refractivity contribution in [1.82, 2.24) is 0 Å². The Bertz CT molecular complexity index is 547. The molecule has 0 spiro atoms. The van der Waals surface area contributed by atoms with E-state index in [2.05, 4.69) is 19.2 Å². The quantitative estimate of drug-likeness (QED) is 0.922. The molecule has 3 rings (SSSR count). The Morgan fingerprint density at radius 3 is 2.57 bits per heavy atom. The Hall–Kier alpha value is -1.13. The van der Waals surface area contributed by atoms with E-state index in [0.29, 0.717) is 34.6 Å². The van der Waals surface area contributed by atoms with Crippen molar-refractivity contribution in [2.24, 2.45) is 11.3 Å². The van der Waals surface area contributed by atoms with Crippen molar-refractivity contribution in [3.05, 3.63) is 17.2 Å². The Balaban J connectivity index is 1.85. The number of hydrogen-bond acceptors (Lipinski definition) is 4. The second-order valence-corrected chi connectivity index (χ2v) is 6.78. The highest BCUT2D eigenvalue weighted by atomic mass is 35.5. The molecule has 2 aliphatic rings. The molecule has 1 heterocycles. The highest BCUT2D eigenvalue weighted by Gasteiger charge is 2.59. The summed E-state index contributed by atoms with van der Waals surface area (Å²) < 4.78 is 16.5. The largest absolute Gasteiger partial charge is 0.493 e. The van der Waals surface area contributed by atoms with E-state index < -0.39 is 0 Å². The number of fused-ring (bicyclic) bond motifs is 1. The van der Waals surface area contributed by atoms with Crippen molar-refractivity contribution >= 4 is 17.3 Å². The topological polar surface area (TPSA) is 39.7 Å². The zero-order chi connectivity index (χ0) is 15.2. The molecule has 3 unspecified atom stereocenters. The standard InChI is InChI=1S/C16H22ClNO3/c1-16(2)14(9-5-6-21-15(9)16)18-11-8-13(20-4)12(19-3)7-10(11)17/h7-9,14-15,18H,5-6H2,1-4H3. The summed E-state index contributed by atoms with van der Waals surface area (Å²) in [7, 11) is 3.24. The number of hydrogen-bond donors (Lipinski definition) is 1. The molecule has 1 aliphatic heterocycles. The molecule has 1 aromatic carbocycles. The van der Waals surface area contributed by atoms with Crippen LogP contribution in [0.3, 0.4) is 0 Å². The van der Waals surface area contributed by atoms with Gasteiger partial charge in [0, 0.05) is 36.1 Å². The highest BCUT2D eigenvalue weighted by molar-refractivity contribution is 6.33. The summed E-state index contributed by atoms with van der Waals surface area (Å²) in [4.78, 5) is 0. The molecule has 0 bridgehead atoms. The third-order valence-corrected chi connectivity index (χ3v) is 5.20. The van der Waals surface area contributed by atoms with Gasteiger partial charge in [-0.25, -0.2) is 0 Å². The summed E-state index contributed by atoms with van der Waals surface area (Å²) in [5.41, 5.74) is 0.996. The Labute approximate surface area is 130 Å². The van der Waals surface area contributed by atoms with Gasteiger partial charge < -0.3 is 19.5 Å². The SMILES string of the molecule is COc1cc(Cl)c(NC2C3CCOC3C2(C)C)cc1OC. The van der Waals surface area contributed by atoms with Gasteiger partial charge in [0.1, 0.15) is 0 Å². The lowest BCUT2D eigenvalue weighted by molar-refractivity contribution is -0.0923. The number of methoxy groups -OCH3 is 2. The first-order valence-electron chi connectivity index (χ1n) is 7.28. The van der Waals surface area contributed by atoms with Gasteiger partial charge in [-0.05, 0) is 6.42 Å². The van der Waals surface area contributed by atoms with Crippen LogP contribution in [0.2, 0.25) is 5.02 Å². The van der Waals surface area contributed by atoms with E-state index in [1.54, 1.807) is 20.3 Å². The fourth-order valence-corrected chi connectivity index (χ4v) is 3.96. The summed E-state index contributed by atoms with van der Waals surface area (Å²) in [6.45, 7) is 5.34. The fourth-order valence-electron chi connectivity index (χ4n) is 3.75. The predicted octanol–water partition coefficient (Wildman–Crippen LogP) is 3.58. The van der Waals surface area contributed by atoms with Crippen LogP contribution in [0.15, 0.2) is 12.1 Å². The number of ether oxygens (including phenoxy) is 3. The molecule has 116 valence electrons. The zero-order valence-electron chi connectivity index (χ0n) is 12.9. The predicted molar refractivity (Wildman–Crippen MR) is 83.6 cm³/mol. The van der Waals surface area contributed by atoms with Crippen LogP contribution in [0.5, 0.6) is 11.5 Å². The Kier molecular flexibility index (Phi) is 3.70. The molecule has 4 nitrogen and oxygen atoms in total. The number of benzene rings is 1. The van der Waals surface area contributed by atoms with Crippen molar-refractivity contribution in [2.45, 2.75) is 32.4 Å². The third-order valence-electron chi connectivity index (χ3n) is 4.88. The van der Waals surface area contributed by atoms with Crippen LogP contribution in [-0.4, -0.2) is 33.0 Å². The lowest BCUT2D eigenvalue weighted by Crippen LogP contribution is -2.63. The van der Waals surface area contributed by atoms with Crippen LogP contribution in [0, 0.1) is 11.3 Å². The van der Waals surface area contributed by atoms with Gasteiger partial charge >= 0.3 is 0 Å². The van der Waals surface area contributed by atoms with E-state index in [-0.39, 0.29) is 5.41 Å². The zero-order valence-corrected chi connectivity index (χ0v) is 13.7. The fraction of sp³-hybridized carbons (Fsp3) is 0.625. The molecule has 1 saturated heterocycles. The second kappa shape index (κ2) is 5.25. The molecule has 21 heavy (non-hydrogen) atoms. The first-order chi connectivity index (χ1) is 9.98. The van der Waals surface area contributed by atoms with E-state index in [0.717, 1.165) is 18.7 Å². The third kappa shape index (κ3) is 2.25. The molecule has 0 radical (unpaired) electrons. The average Bonchev–Trinajstić information content (AvgIpc) is 2.92. The van der Waals surface area contributed by atoms with Crippen molar-refractivity contribution < 1.29 is 14.2 Å². The molecule has 1 N–H and O–H groups in total. The van der Waals surface area contributed by atoms with Crippen LogP contribution in [0.1, 0.15) is 20.3 Å². The minimum atomic E-state index is 0.109. The number of nitrogens with one attached hydrogen (secondary N) is 1. The van der Waals surface area contributed by atoms with Crippen LogP contribution in [0.4, 0.5) is 5.69 Å². The maximum atomic E-state index is 6.37. The molecule has 5 heteroatoms. The molecular weight excluding hydrogens is 290 g/mol. The first-order valence-corrected chi connectivity index (χ1v) is 7.66. The van der Waals surface area contributed by atoms with E-state index in [9.17, 15) is 0 Å². The van der Waals surface area contributed by atoms with E-state index >= 15 is 0 Å². The van der Waals surface area contributed by atoms with Crippen LogP contribution >= 0.6 is 11.6 Å². The molecule has 0 aromatic heterocycles. The molecule has 2 fully saturated rings. The second-order valence-electron chi connectivity index (χ2n) is 6.37. The molecular formula is C16H22ClNO3. The smallest absolute Gasteiger partial charge is 0.162 e. The van der Waals surface area contributed by atoms with E-state index in [4.69, 9.17) is 25.8 Å². The van der Waals surface area contributed by atoms with Crippen LogP contribution < -0.4 is 14.8 Å². The van der Waals surface area contributed by atoms with Gasteiger partial charge in [0.2, 0.25) is 0 Å². The summed E-state index contributed by atoms with van der Waals surface area (Å²) in [6, 6.07) is 4.05. The van der Waals surface area contributed by atoms with E-state index in [1.165, 1.54) is 0 Å². The van der Waals surface area contributed by atoms with Gasteiger partial charge in [0.25, 0.3) is 0 Å². The van der Waals surface area contributed by atoms with Gasteiger partial charge in [-0.1, -0.05) is 25.4 Å². The van der Waals surface area contributed by atoms with Gasteiger partial charge in [0.15, 0.2) is 11.5 Å². The molecule has 1 saturated carbocycles. The van der Waals surface area contributed by atoms with Crippen LogP contribution in [0.25, 0.3) is 0 Å². The highest BCUT2D eigenvalue weighted by Crippen LogP contribution is 2.53.